The van der Waals surface area contributed by atoms with E-state index in [2.05, 4.69) is 21.7 Å². The van der Waals surface area contributed by atoms with Crippen LogP contribution in [-0.2, 0) is 4.79 Å². The third kappa shape index (κ3) is 5.50. The Labute approximate surface area is 202 Å². The zero-order valence-corrected chi connectivity index (χ0v) is 20.2. The minimum Gasteiger partial charge on any atom is -0.369 e. The van der Waals surface area contributed by atoms with Gasteiger partial charge in [-0.2, -0.15) is 0 Å². The number of piperidine rings is 1. The largest absolute Gasteiger partial charge is 0.369 e. The van der Waals surface area contributed by atoms with Crippen LogP contribution in [0.3, 0.4) is 0 Å². The lowest BCUT2D eigenvalue weighted by atomic mass is 9.86. The Hall–Kier alpha value is -2.71. The number of aldehydes is 1. The highest BCUT2D eigenvalue weighted by Gasteiger charge is 2.32. The van der Waals surface area contributed by atoms with Crippen molar-refractivity contribution in [3.63, 3.8) is 0 Å². The molecule has 0 bridgehead atoms. The van der Waals surface area contributed by atoms with E-state index in [-0.39, 0.29) is 11.8 Å². The van der Waals surface area contributed by atoms with Gasteiger partial charge in [-0.05, 0) is 62.6 Å². The van der Waals surface area contributed by atoms with Crippen molar-refractivity contribution in [2.45, 2.75) is 50.6 Å². The van der Waals surface area contributed by atoms with E-state index in [9.17, 15) is 14.4 Å². The first-order valence-corrected chi connectivity index (χ1v) is 12.4. The zero-order valence-electron chi connectivity index (χ0n) is 20.2. The van der Waals surface area contributed by atoms with Gasteiger partial charge in [0, 0.05) is 62.8 Å². The average Bonchev–Trinajstić information content (AvgIpc) is 2.85. The monoisotopic (exact) mass is 467 g/mol. The molecular formula is C26H37N5O3. The van der Waals surface area contributed by atoms with Gasteiger partial charge in [0.1, 0.15) is 6.04 Å². The van der Waals surface area contributed by atoms with Crippen molar-refractivity contribution in [3.05, 3.63) is 41.6 Å². The number of hydrogen-bond donors (Lipinski definition) is 2. The van der Waals surface area contributed by atoms with Crippen molar-refractivity contribution in [2.75, 3.05) is 44.7 Å². The molecule has 0 radical (unpaired) electrons. The number of amides is 2. The smallest absolute Gasteiger partial charge is 0.255 e. The molecule has 3 fully saturated rings. The maximum absolute atomic E-state index is 13.3. The van der Waals surface area contributed by atoms with Crippen LogP contribution in [0.1, 0.15) is 59.2 Å². The van der Waals surface area contributed by atoms with E-state index in [0.29, 0.717) is 42.0 Å². The number of likely N-dealkylation sites (N-methyl/N-ethyl adjacent to an activating group) is 1. The van der Waals surface area contributed by atoms with Gasteiger partial charge in [-0.3, -0.25) is 19.3 Å². The molecule has 2 heterocycles. The summed E-state index contributed by atoms with van der Waals surface area (Å²) in [5, 5.41) is 2.73. The van der Waals surface area contributed by atoms with Crippen LogP contribution < -0.4 is 16.0 Å². The quantitative estimate of drug-likeness (QED) is 0.621. The average molecular weight is 468 g/mol. The number of hydrogen-bond acceptors (Lipinski definition) is 6. The molecule has 2 amide bonds. The number of carbonyl (C=O) groups excluding carboxylic acids is 3. The van der Waals surface area contributed by atoms with Crippen LogP contribution in [-0.4, -0.2) is 79.8 Å². The Balaban J connectivity index is 1.40. The summed E-state index contributed by atoms with van der Waals surface area (Å²) in [6.07, 6.45) is 6.58. The number of allylic oxidation sites excluding steroid dienone is 1. The molecule has 8 heteroatoms. The number of rotatable bonds is 6. The summed E-state index contributed by atoms with van der Waals surface area (Å²) >= 11 is 0. The Morgan fingerprint density at radius 3 is 2.53 bits per heavy atom. The molecule has 1 saturated carbocycles. The van der Waals surface area contributed by atoms with Crippen LogP contribution in [0.5, 0.6) is 0 Å². The van der Waals surface area contributed by atoms with Gasteiger partial charge >= 0.3 is 0 Å². The van der Waals surface area contributed by atoms with Gasteiger partial charge in [-0.1, -0.05) is 6.58 Å². The van der Waals surface area contributed by atoms with Crippen LogP contribution in [0, 0.1) is 5.92 Å². The summed E-state index contributed by atoms with van der Waals surface area (Å²) in [5.41, 5.74) is 8.34. The summed E-state index contributed by atoms with van der Waals surface area (Å²) in [7, 11) is 1.62. The summed E-state index contributed by atoms with van der Waals surface area (Å²) in [6.45, 7) is 8.65. The SMILES string of the molecule is C=C1CCC(N(C)C(=O)c2cc(N3CCN(CC4CCC(N)CC4)CC3)ccc2C=O)C(=O)N1. The van der Waals surface area contributed by atoms with Gasteiger partial charge in [0.05, 0.1) is 5.56 Å². The van der Waals surface area contributed by atoms with Gasteiger partial charge in [0.2, 0.25) is 5.91 Å². The molecule has 8 nitrogen and oxygen atoms in total. The molecule has 34 heavy (non-hydrogen) atoms. The fourth-order valence-electron chi connectivity index (χ4n) is 5.42. The molecule has 0 aromatic heterocycles. The molecule has 4 rings (SSSR count). The van der Waals surface area contributed by atoms with Crippen LogP contribution >= 0.6 is 0 Å². The van der Waals surface area contributed by atoms with Crippen LogP contribution in [0.25, 0.3) is 0 Å². The maximum Gasteiger partial charge on any atom is 0.255 e. The first-order chi connectivity index (χ1) is 16.4. The van der Waals surface area contributed by atoms with Crippen molar-refractivity contribution >= 4 is 23.8 Å². The van der Waals surface area contributed by atoms with E-state index >= 15 is 0 Å². The van der Waals surface area contributed by atoms with Gasteiger partial charge in [-0.25, -0.2) is 0 Å². The van der Waals surface area contributed by atoms with E-state index in [1.54, 1.807) is 19.2 Å². The molecule has 1 aromatic rings. The number of benzene rings is 1. The summed E-state index contributed by atoms with van der Waals surface area (Å²) in [4.78, 5) is 43.6. The lowest BCUT2D eigenvalue weighted by molar-refractivity contribution is -0.125. The highest BCUT2D eigenvalue weighted by Crippen LogP contribution is 2.26. The van der Waals surface area contributed by atoms with Crippen molar-refractivity contribution in [1.82, 2.24) is 15.1 Å². The van der Waals surface area contributed by atoms with E-state index < -0.39 is 6.04 Å². The second-order valence-corrected chi connectivity index (χ2v) is 10.0. The normalized spacial score (nSPS) is 26.2. The Morgan fingerprint density at radius 1 is 1.18 bits per heavy atom. The van der Waals surface area contributed by atoms with Crippen molar-refractivity contribution in [2.24, 2.45) is 11.7 Å². The second-order valence-electron chi connectivity index (χ2n) is 10.0. The van der Waals surface area contributed by atoms with Crippen molar-refractivity contribution in [3.8, 4) is 0 Å². The molecule has 3 aliphatic rings. The van der Waals surface area contributed by atoms with E-state index in [4.69, 9.17) is 5.73 Å². The standard InChI is InChI=1S/C26H37N5O3/c1-18-3-10-24(25(33)28-18)29(2)26(34)23-15-22(9-6-20(23)17-32)31-13-11-30(12-14-31)16-19-4-7-21(27)8-5-19/h6,9,15,17,19,21,24H,1,3-5,7-8,10-14,16,27H2,2H3,(H,28,33). The fraction of sp³-hybridized carbons (Fsp3) is 0.577. The first kappa shape index (κ1) is 24.4. The molecule has 1 aromatic carbocycles. The summed E-state index contributed by atoms with van der Waals surface area (Å²) in [5.74, 6) is 0.199. The van der Waals surface area contributed by atoms with Gasteiger partial charge < -0.3 is 20.9 Å². The lowest BCUT2D eigenvalue weighted by Gasteiger charge is -2.39. The van der Waals surface area contributed by atoms with E-state index in [1.807, 2.05) is 6.07 Å². The molecule has 3 N–H and O–H groups in total. The predicted molar refractivity (Wildman–Crippen MR) is 133 cm³/mol. The molecule has 2 aliphatic heterocycles. The summed E-state index contributed by atoms with van der Waals surface area (Å²) < 4.78 is 0. The first-order valence-electron chi connectivity index (χ1n) is 12.4. The van der Waals surface area contributed by atoms with Gasteiger partial charge in [0.15, 0.2) is 6.29 Å². The maximum atomic E-state index is 13.3. The predicted octanol–water partition coefficient (Wildman–Crippen LogP) is 2.00. The van der Waals surface area contributed by atoms with Crippen LogP contribution in [0.15, 0.2) is 30.5 Å². The highest BCUT2D eigenvalue weighted by molar-refractivity contribution is 6.04. The zero-order chi connectivity index (χ0) is 24.2. The Bertz CT molecular complexity index is 932. The molecule has 184 valence electrons. The van der Waals surface area contributed by atoms with E-state index in [0.717, 1.165) is 57.2 Å². The Morgan fingerprint density at radius 2 is 1.88 bits per heavy atom. The molecule has 2 saturated heterocycles. The second kappa shape index (κ2) is 10.7. The number of nitrogens with zero attached hydrogens (tertiary/aromatic N) is 3. The third-order valence-corrected chi connectivity index (χ3v) is 7.65. The minimum atomic E-state index is -0.570. The van der Waals surface area contributed by atoms with Crippen LogP contribution in [0.4, 0.5) is 5.69 Å². The van der Waals surface area contributed by atoms with Crippen molar-refractivity contribution < 1.29 is 14.4 Å². The van der Waals surface area contributed by atoms with Gasteiger partial charge in [0.25, 0.3) is 5.91 Å². The molecule has 0 spiro atoms. The number of carbonyl (C=O) groups is 3. The number of nitrogens with one attached hydrogen (secondary N) is 1. The highest BCUT2D eigenvalue weighted by atomic mass is 16.2. The Kier molecular flexibility index (Phi) is 7.68. The van der Waals surface area contributed by atoms with Gasteiger partial charge in [-0.15, -0.1) is 0 Å². The minimum absolute atomic E-state index is 0.230. The molecular weight excluding hydrogens is 430 g/mol. The third-order valence-electron chi connectivity index (χ3n) is 7.65. The summed E-state index contributed by atoms with van der Waals surface area (Å²) in [6, 6.07) is 5.24. The van der Waals surface area contributed by atoms with E-state index in [1.165, 1.54) is 17.7 Å². The number of anilines is 1. The lowest BCUT2D eigenvalue weighted by Crippen LogP contribution is -2.50. The fourth-order valence-corrected chi connectivity index (χ4v) is 5.42. The molecule has 1 atom stereocenters. The number of piperazine rings is 1. The topological polar surface area (TPSA) is 99.0 Å². The number of nitrogens with two attached hydrogens (primary N) is 1. The molecule has 1 aliphatic carbocycles. The van der Waals surface area contributed by atoms with Crippen LogP contribution in [0.2, 0.25) is 0 Å². The molecule has 1 unspecified atom stereocenters. The van der Waals surface area contributed by atoms with Crippen molar-refractivity contribution in [1.29, 1.82) is 0 Å².